The highest BCUT2D eigenvalue weighted by molar-refractivity contribution is 9.10. The standard InChI is InChI=1S/C19H14BrN3O5S/c20-14-5-7-16(8-6-14)29(27,28)18-9-4-13(11-17(18)23(25)26)19(24)22-12-15-3-1-2-10-21-15/h1-11H,12H2,(H,22,24). The van der Waals surface area contributed by atoms with Crippen molar-refractivity contribution in [2.24, 2.45) is 0 Å². The van der Waals surface area contributed by atoms with Crippen LogP contribution in [0.2, 0.25) is 0 Å². The Labute approximate surface area is 174 Å². The minimum atomic E-state index is -4.13. The summed E-state index contributed by atoms with van der Waals surface area (Å²) in [6.07, 6.45) is 1.58. The Bertz CT molecular complexity index is 1170. The third-order valence-corrected chi connectivity index (χ3v) is 6.33. The molecular formula is C19H14BrN3O5S. The lowest BCUT2D eigenvalue weighted by Crippen LogP contribution is -2.23. The van der Waals surface area contributed by atoms with Gasteiger partial charge in [0.15, 0.2) is 0 Å². The fourth-order valence-electron chi connectivity index (χ4n) is 2.54. The summed E-state index contributed by atoms with van der Waals surface area (Å²) >= 11 is 3.21. The van der Waals surface area contributed by atoms with E-state index >= 15 is 0 Å². The van der Waals surface area contributed by atoms with Gasteiger partial charge in [-0.25, -0.2) is 8.42 Å². The van der Waals surface area contributed by atoms with Gasteiger partial charge >= 0.3 is 0 Å². The second kappa shape index (κ2) is 8.50. The maximum absolute atomic E-state index is 12.8. The van der Waals surface area contributed by atoms with Crippen LogP contribution in [0.25, 0.3) is 0 Å². The predicted molar refractivity (Wildman–Crippen MR) is 108 cm³/mol. The maximum atomic E-state index is 12.8. The van der Waals surface area contributed by atoms with Crippen molar-refractivity contribution in [3.05, 3.63) is 92.7 Å². The Kier molecular flexibility index (Phi) is 6.04. The molecule has 10 heteroatoms. The summed E-state index contributed by atoms with van der Waals surface area (Å²) in [5, 5.41) is 14.1. The average Bonchev–Trinajstić information content (AvgIpc) is 2.72. The smallest absolute Gasteiger partial charge is 0.289 e. The van der Waals surface area contributed by atoms with E-state index in [1.807, 2.05) is 0 Å². The Balaban J connectivity index is 1.92. The molecule has 0 bridgehead atoms. The molecule has 1 amide bonds. The normalized spacial score (nSPS) is 11.1. The minimum absolute atomic E-state index is 0.0256. The number of carbonyl (C=O) groups is 1. The second-order valence-electron chi connectivity index (χ2n) is 5.90. The molecule has 3 aromatic rings. The molecule has 0 fully saturated rings. The van der Waals surface area contributed by atoms with Crippen molar-refractivity contribution >= 4 is 37.4 Å². The minimum Gasteiger partial charge on any atom is -0.346 e. The van der Waals surface area contributed by atoms with E-state index in [4.69, 9.17) is 0 Å². The van der Waals surface area contributed by atoms with Crippen molar-refractivity contribution in [3.8, 4) is 0 Å². The fraction of sp³-hybridized carbons (Fsp3) is 0.0526. The number of nitro groups is 1. The zero-order valence-electron chi connectivity index (χ0n) is 14.8. The zero-order chi connectivity index (χ0) is 21.0. The van der Waals surface area contributed by atoms with Crippen molar-refractivity contribution in [3.63, 3.8) is 0 Å². The molecule has 2 aromatic carbocycles. The third-order valence-electron chi connectivity index (χ3n) is 3.99. The average molecular weight is 476 g/mol. The molecule has 1 aromatic heterocycles. The summed E-state index contributed by atoms with van der Waals surface area (Å²) in [4.78, 5) is 26.5. The summed E-state index contributed by atoms with van der Waals surface area (Å²) in [5.74, 6) is -0.577. The first kappa shape index (κ1) is 20.6. The number of pyridine rings is 1. The molecule has 1 heterocycles. The summed E-state index contributed by atoms with van der Waals surface area (Å²) < 4.78 is 26.3. The van der Waals surface area contributed by atoms with E-state index in [0.29, 0.717) is 10.2 Å². The summed E-state index contributed by atoms with van der Waals surface area (Å²) in [6.45, 7) is 0.131. The molecule has 0 aliphatic rings. The first-order valence-electron chi connectivity index (χ1n) is 8.26. The topological polar surface area (TPSA) is 119 Å². The molecule has 0 spiro atoms. The van der Waals surface area contributed by atoms with Gasteiger partial charge in [-0.2, -0.15) is 0 Å². The van der Waals surface area contributed by atoms with E-state index in [2.05, 4.69) is 26.2 Å². The van der Waals surface area contributed by atoms with E-state index in [-0.39, 0.29) is 17.0 Å². The molecule has 0 aliphatic heterocycles. The van der Waals surface area contributed by atoms with Crippen LogP contribution in [0.15, 0.2) is 81.1 Å². The molecule has 8 nitrogen and oxygen atoms in total. The van der Waals surface area contributed by atoms with Gasteiger partial charge in [0.1, 0.15) is 4.90 Å². The number of hydrogen-bond donors (Lipinski definition) is 1. The number of nitrogens with one attached hydrogen (secondary N) is 1. The van der Waals surface area contributed by atoms with Crippen LogP contribution in [0.5, 0.6) is 0 Å². The van der Waals surface area contributed by atoms with E-state index in [1.54, 1.807) is 24.4 Å². The van der Waals surface area contributed by atoms with Gasteiger partial charge in [-0.3, -0.25) is 19.9 Å². The lowest BCUT2D eigenvalue weighted by atomic mass is 10.2. The van der Waals surface area contributed by atoms with Gasteiger partial charge in [0, 0.05) is 22.3 Å². The Morgan fingerprint density at radius 3 is 2.45 bits per heavy atom. The van der Waals surface area contributed by atoms with Crippen LogP contribution in [-0.4, -0.2) is 24.2 Å². The number of amides is 1. The largest absolute Gasteiger partial charge is 0.346 e. The number of aromatic nitrogens is 1. The van der Waals surface area contributed by atoms with Crippen molar-refractivity contribution < 1.29 is 18.1 Å². The van der Waals surface area contributed by atoms with E-state index in [1.165, 1.54) is 30.3 Å². The van der Waals surface area contributed by atoms with Crippen molar-refractivity contribution in [2.75, 3.05) is 0 Å². The molecule has 0 saturated carbocycles. The lowest BCUT2D eigenvalue weighted by Gasteiger charge is -2.08. The number of nitrogens with zero attached hydrogens (tertiary/aromatic N) is 2. The van der Waals surface area contributed by atoms with E-state index < -0.39 is 31.3 Å². The fourth-order valence-corrected chi connectivity index (χ4v) is 4.21. The highest BCUT2D eigenvalue weighted by Gasteiger charge is 2.28. The maximum Gasteiger partial charge on any atom is 0.289 e. The molecular weight excluding hydrogens is 462 g/mol. The van der Waals surface area contributed by atoms with Gasteiger partial charge in [0.25, 0.3) is 11.6 Å². The van der Waals surface area contributed by atoms with E-state index in [0.717, 1.165) is 12.1 Å². The first-order chi connectivity index (χ1) is 13.8. The molecule has 3 rings (SSSR count). The van der Waals surface area contributed by atoms with Crippen LogP contribution in [0, 0.1) is 10.1 Å². The molecule has 29 heavy (non-hydrogen) atoms. The number of halogens is 1. The number of carbonyl (C=O) groups excluding carboxylic acids is 1. The SMILES string of the molecule is O=C(NCc1ccccn1)c1ccc(S(=O)(=O)c2ccc(Br)cc2)c([N+](=O)[O-])c1. The summed E-state index contributed by atoms with van der Waals surface area (Å²) in [7, 11) is -4.13. The zero-order valence-corrected chi connectivity index (χ0v) is 17.2. The molecule has 1 N–H and O–H groups in total. The van der Waals surface area contributed by atoms with Crippen LogP contribution in [-0.2, 0) is 16.4 Å². The predicted octanol–water partition coefficient (Wildman–Crippen LogP) is 3.52. The number of rotatable bonds is 6. The van der Waals surface area contributed by atoms with Crippen LogP contribution in [0.3, 0.4) is 0 Å². The molecule has 0 unspecified atom stereocenters. The number of nitro benzene ring substituents is 1. The van der Waals surface area contributed by atoms with E-state index in [9.17, 15) is 23.3 Å². The Hall–Kier alpha value is -3.11. The van der Waals surface area contributed by atoms with Gasteiger partial charge in [-0.05, 0) is 48.5 Å². The lowest BCUT2D eigenvalue weighted by molar-refractivity contribution is -0.387. The molecule has 148 valence electrons. The first-order valence-corrected chi connectivity index (χ1v) is 10.5. The third kappa shape index (κ3) is 4.66. The Morgan fingerprint density at radius 1 is 1.10 bits per heavy atom. The van der Waals surface area contributed by atoms with Crippen LogP contribution < -0.4 is 5.32 Å². The van der Waals surface area contributed by atoms with Gasteiger partial charge in [0.2, 0.25) is 9.84 Å². The molecule has 0 saturated heterocycles. The second-order valence-corrected chi connectivity index (χ2v) is 8.73. The van der Waals surface area contributed by atoms with Gasteiger partial charge in [0.05, 0.1) is 22.1 Å². The molecule has 0 atom stereocenters. The van der Waals surface area contributed by atoms with Gasteiger partial charge in [-0.1, -0.05) is 22.0 Å². The van der Waals surface area contributed by atoms with Gasteiger partial charge in [-0.15, -0.1) is 0 Å². The highest BCUT2D eigenvalue weighted by atomic mass is 79.9. The highest BCUT2D eigenvalue weighted by Crippen LogP contribution is 2.30. The number of sulfone groups is 1. The molecule has 0 radical (unpaired) electrons. The number of benzene rings is 2. The van der Waals surface area contributed by atoms with Crippen LogP contribution >= 0.6 is 15.9 Å². The van der Waals surface area contributed by atoms with Crippen LogP contribution in [0.1, 0.15) is 16.1 Å². The van der Waals surface area contributed by atoms with Crippen molar-refractivity contribution in [1.29, 1.82) is 0 Å². The van der Waals surface area contributed by atoms with Crippen molar-refractivity contribution in [1.82, 2.24) is 10.3 Å². The summed E-state index contributed by atoms with van der Waals surface area (Å²) in [6, 6.07) is 14.2. The Morgan fingerprint density at radius 2 is 1.83 bits per heavy atom. The van der Waals surface area contributed by atoms with Crippen molar-refractivity contribution in [2.45, 2.75) is 16.3 Å². The number of hydrogen-bond acceptors (Lipinski definition) is 6. The van der Waals surface area contributed by atoms with Crippen LogP contribution in [0.4, 0.5) is 5.69 Å². The van der Waals surface area contributed by atoms with Gasteiger partial charge < -0.3 is 5.32 Å². The monoisotopic (exact) mass is 475 g/mol. The molecule has 0 aliphatic carbocycles. The quantitative estimate of drug-likeness (QED) is 0.430. The summed E-state index contributed by atoms with van der Waals surface area (Å²) in [5.41, 5.74) is -0.0782.